The molecule has 106 valence electrons. The van der Waals surface area contributed by atoms with Gasteiger partial charge in [0.05, 0.1) is 6.33 Å². The van der Waals surface area contributed by atoms with Crippen LogP contribution in [0.3, 0.4) is 0 Å². The molecule has 1 saturated carbocycles. The lowest BCUT2D eigenvalue weighted by molar-refractivity contribution is 0.329. The van der Waals surface area contributed by atoms with Crippen molar-refractivity contribution in [3.05, 3.63) is 54.1 Å². The number of hydrogen-bond acceptors (Lipinski definition) is 2. The number of aromatic nitrogens is 2. The van der Waals surface area contributed by atoms with Gasteiger partial charge < -0.3 is 10.3 Å². The van der Waals surface area contributed by atoms with E-state index in [1.165, 1.54) is 36.9 Å². The van der Waals surface area contributed by atoms with Crippen LogP contribution in [-0.2, 0) is 6.42 Å². The number of H-pyrrole nitrogens is 1. The molecule has 1 aromatic carbocycles. The zero-order valence-electron chi connectivity index (χ0n) is 11.9. The van der Waals surface area contributed by atoms with Gasteiger partial charge in [0.25, 0.3) is 0 Å². The molecule has 0 saturated heterocycles. The number of nitrogens with one attached hydrogen (secondary N) is 2. The Morgan fingerprint density at radius 2 is 2.00 bits per heavy atom. The predicted octanol–water partition coefficient (Wildman–Crippen LogP) is 3.27. The Hall–Kier alpha value is -1.61. The Kier molecular flexibility index (Phi) is 4.49. The highest BCUT2D eigenvalue weighted by Crippen LogP contribution is 2.32. The minimum Gasteiger partial charge on any atom is -0.348 e. The molecular formula is C17H23N3. The summed E-state index contributed by atoms with van der Waals surface area (Å²) in [4.78, 5) is 7.23. The molecule has 3 rings (SSSR count). The van der Waals surface area contributed by atoms with Crippen molar-refractivity contribution in [3.8, 4) is 0 Å². The maximum absolute atomic E-state index is 4.07. The van der Waals surface area contributed by atoms with Gasteiger partial charge in [0, 0.05) is 30.9 Å². The highest BCUT2D eigenvalue weighted by Gasteiger charge is 2.25. The second kappa shape index (κ2) is 6.71. The van der Waals surface area contributed by atoms with E-state index in [0.717, 1.165) is 13.0 Å². The first kappa shape index (κ1) is 13.4. The van der Waals surface area contributed by atoms with Gasteiger partial charge in [0.15, 0.2) is 0 Å². The van der Waals surface area contributed by atoms with Gasteiger partial charge in [-0.2, -0.15) is 0 Å². The quantitative estimate of drug-likeness (QED) is 0.874. The highest BCUT2D eigenvalue weighted by molar-refractivity contribution is 5.22. The first-order valence-corrected chi connectivity index (χ1v) is 7.69. The van der Waals surface area contributed by atoms with Crippen molar-refractivity contribution in [2.24, 2.45) is 0 Å². The Morgan fingerprint density at radius 1 is 1.15 bits per heavy atom. The Bertz CT molecular complexity index is 492. The molecule has 3 heteroatoms. The lowest BCUT2D eigenvalue weighted by atomic mass is 9.80. The summed E-state index contributed by atoms with van der Waals surface area (Å²) in [5.41, 5.74) is 2.70. The van der Waals surface area contributed by atoms with E-state index in [0.29, 0.717) is 12.0 Å². The monoisotopic (exact) mass is 269 g/mol. The van der Waals surface area contributed by atoms with Gasteiger partial charge in [-0.05, 0) is 24.3 Å². The summed E-state index contributed by atoms with van der Waals surface area (Å²) in [7, 11) is 0. The van der Waals surface area contributed by atoms with E-state index in [2.05, 4.69) is 45.6 Å². The van der Waals surface area contributed by atoms with Gasteiger partial charge in [0.2, 0.25) is 0 Å². The third-order valence-corrected chi connectivity index (χ3v) is 4.35. The van der Waals surface area contributed by atoms with E-state index < -0.39 is 0 Å². The van der Waals surface area contributed by atoms with E-state index in [9.17, 15) is 0 Å². The SMILES string of the molecule is c1ccc(C2CCCCC2NCCc2cnc[nH]2)cc1. The van der Waals surface area contributed by atoms with Crippen LogP contribution < -0.4 is 5.32 Å². The van der Waals surface area contributed by atoms with E-state index in [1.54, 1.807) is 6.33 Å². The summed E-state index contributed by atoms with van der Waals surface area (Å²) in [6, 6.07) is 11.6. The third-order valence-electron chi connectivity index (χ3n) is 4.35. The van der Waals surface area contributed by atoms with Crippen molar-refractivity contribution < 1.29 is 0 Å². The summed E-state index contributed by atoms with van der Waals surface area (Å²) in [5.74, 6) is 0.673. The van der Waals surface area contributed by atoms with Gasteiger partial charge in [-0.25, -0.2) is 4.98 Å². The van der Waals surface area contributed by atoms with E-state index >= 15 is 0 Å². The molecule has 1 aliphatic carbocycles. The molecule has 3 nitrogen and oxygen atoms in total. The number of aromatic amines is 1. The van der Waals surface area contributed by atoms with Crippen LogP contribution >= 0.6 is 0 Å². The fourth-order valence-corrected chi connectivity index (χ4v) is 3.29. The molecule has 2 unspecified atom stereocenters. The van der Waals surface area contributed by atoms with Gasteiger partial charge in [-0.3, -0.25) is 0 Å². The first-order valence-electron chi connectivity index (χ1n) is 7.69. The molecule has 0 spiro atoms. The maximum atomic E-state index is 4.07. The average Bonchev–Trinajstić information content (AvgIpc) is 3.02. The zero-order chi connectivity index (χ0) is 13.6. The summed E-state index contributed by atoms with van der Waals surface area (Å²) in [5, 5.41) is 3.76. The van der Waals surface area contributed by atoms with Crippen molar-refractivity contribution in [2.45, 2.75) is 44.1 Å². The zero-order valence-corrected chi connectivity index (χ0v) is 11.9. The largest absolute Gasteiger partial charge is 0.348 e. The lowest BCUT2D eigenvalue weighted by Gasteiger charge is -2.32. The van der Waals surface area contributed by atoms with Crippen LogP contribution in [0.4, 0.5) is 0 Å². The highest BCUT2D eigenvalue weighted by atomic mass is 14.9. The summed E-state index contributed by atoms with van der Waals surface area (Å²) < 4.78 is 0. The van der Waals surface area contributed by atoms with Crippen LogP contribution in [0.15, 0.2) is 42.9 Å². The molecule has 2 aromatic rings. The number of hydrogen-bond donors (Lipinski definition) is 2. The number of nitrogens with zero attached hydrogens (tertiary/aromatic N) is 1. The van der Waals surface area contributed by atoms with Crippen molar-refractivity contribution in [1.82, 2.24) is 15.3 Å². The minimum absolute atomic E-state index is 0.620. The molecule has 2 atom stereocenters. The number of benzene rings is 1. The van der Waals surface area contributed by atoms with Crippen LogP contribution in [0.25, 0.3) is 0 Å². The molecule has 1 aliphatic rings. The number of rotatable bonds is 5. The summed E-state index contributed by atoms with van der Waals surface area (Å²) in [6.07, 6.45) is 10.0. The molecular weight excluding hydrogens is 246 g/mol. The fourth-order valence-electron chi connectivity index (χ4n) is 3.29. The molecule has 0 amide bonds. The van der Waals surface area contributed by atoms with Gasteiger partial charge in [-0.15, -0.1) is 0 Å². The van der Waals surface area contributed by atoms with Crippen LogP contribution in [-0.4, -0.2) is 22.6 Å². The van der Waals surface area contributed by atoms with E-state index in [4.69, 9.17) is 0 Å². The molecule has 1 aromatic heterocycles. The smallest absolute Gasteiger partial charge is 0.0921 e. The lowest BCUT2D eigenvalue weighted by Crippen LogP contribution is -2.38. The first-order chi connectivity index (χ1) is 9.93. The molecule has 1 heterocycles. The Balaban J connectivity index is 1.58. The second-order valence-electron chi connectivity index (χ2n) is 5.69. The van der Waals surface area contributed by atoms with Crippen LogP contribution in [0.1, 0.15) is 42.9 Å². The van der Waals surface area contributed by atoms with Gasteiger partial charge in [-0.1, -0.05) is 43.2 Å². The van der Waals surface area contributed by atoms with Crippen molar-refractivity contribution >= 4 is 0 Å². The van der Waals surface area contributed by atoms with Crippen molar-refractivity contribution in [1.29, 1.82) is 0 Å². The van der Waals surface area contributed by atoms with Crippen molar-refractivity contribution in [3.63, 3.8) is 0 Å². The normalized spacial score (nSPS) is 22.8. The standard InChI is InChI=1S/C17H23N3/c1-2-6-14(7-3-1)16-8-4-5-9-17(16)19-11-10-15-12-18-13-20-15/h1-3,6-7,12-13,16-17,19H,4-5,8-11H2,(H,18,20). The summed E-state index contributed by atoms with van der Waals surface area (Å²) >= 11 is 0. The second-order valence-corrected chi connectivity index (χ2v) is 5.69. The van der Waals surface area contributed by atoms with Crippen LogP contribution in [0.5, 0.6) is 0 Å². The van der Waals surface area contributed by atoms with Crippen LogP contribution in [0, 0.1) is 0 Å². The van der Waals surface area contributed by atoms with Gasteiger partial charge in [0.1, 0.15) is 0 Å². The molecule has 2 N–H and O–H groups in total. The van der Waals surface area contributed by atoms with E-state index in [-0.39, 0.29) is 0 Å². The third kappa shape index (κ3) is 3.28. The molecule has 0 aliphatic heterocycles. The molecule has 1 fully saturated rings. The predicted molar refractivity (Wildman–Crippen MR) is 81.7 cm³/mol. The average molecular weight is 269 g/mol. The van der Waals surface area contributed by atoms with Crippen molar-refractivity contribution in [2.75, 3.05) is 6.54 Å². The Labute approximate surface area is 120 Å². The maximum Gasteiger partial charge on any atom is 0.0921 e. The van der Waals surface area contributed by atoms with Crippen LogP contribution in [0.2, 0.25) is 0 Å². The molecule has 20 heavy (non-hydrogen) atoms. The summed E-state index contributed by atoms with van der Waals surface area (Å²) in [6.45, 7) is 1.02. The number of imidazole rings is 1. The van der Waals surface area contributed by atoms with E-state index in [1.807, 2.05) is 6.20 Å². The van der Waals surface area contributed by atoms with Gasteiger partial charge >= 0.3 is 0 Å². The molecule has 0 bridgehead atoms. The minimum atomic E-state index is 0.620. The molecule has 0 radical (unpaired) electrons. The fraction of sp³-hybridized carbons (Fsp3) is 0.471. The Morgan fingerprint density at radius 3 is 2.80 bits per heavy atom. The topological polar surface area (TPSA) is 40.7 Å².